The summed E-state index contributed by atoms with van der Waals surface area (Å²) in [5.41, 5.74) is 0.809. The first-order valence-electron chi connectivity index (χ1n) is 6.73. The SMILES string of the molecule is CNc1cc(C(C)C)nc(C2(OC)CCCC2)n1. The van der Waals surface area contributed by atoms with Crippen molar-refractivity contribution >= 4 is 5.82 Å². The fraction of sp³-hybridized carbons (Fsp3) is 0.714. The topological polar surface area (TPSA) is 47.0 Å². The number of aromatic nitrogens is 2. The molecule has 0 atom stereocenters. The first-order valence-corrected chi connectivity index (χ1v) is 6.73. The fourth-order valence-corrected chi connectivity index (χ4v) is 2.56. The van der Waals surface area contributed by atoms with Crippen LogP contribution >= 0.6 is 0 Å². The Hall–Kier alpha value is -1.16. The molecule has 0 radical (unpaired) electrons. The van der Waals surface area contributed by atoms with E-state index in [-0.39, 0.29) is 5.60 Å². The average Bonchev–Trinajstić information content (AvgIpc) is 2.88. The summed E-state index contributed by atoms with van der Waals surface area (Å²) in [6, 6.07) is 2.02. The van der Waals surface area contributed by atoms with E-state index in [0.29, 0.717) is 5.92 Å². The molecule has 18 heavy (non-hydrogen) atoms. The standard InChI is InChI=1S/C14H23N3O/c1-10(2)11-9-12(15-3)17-13(16-11)14(18-4)7-5-6-8-14/h9-10H,5-8H2,1-4H3,(H,15,16,17). The molecule has 1 fully saturated rings. The van der Waals surface area contributed by atoms with Crippen LogP contribution in [0.5, 0.6) is 0 Å². The lowest BCUT2D eigenvalue weighted by Gasteiger charge is -2.26. The number of hydrogen-bond acceptors (Lipinski definition) is 4. The fourth-order valence-electron chi connectivity index (χ4n) is 2.56. The van der Waals surface area contributed by atoms with Gasteiger partial charge in [0.2, 0.25) is 0 Å². The second-order valence-corrected chi connectivity index (χ2v) is 5.31. The molecule has 4 nitrogen and oxygen atoms in total. The van der Waals surface area contributed by atoms with Crippen LogP contribution in [0.1, 0.15) is 57.0 Å². The van der Waals surface area contributed by atoms with Crippen LogP contribution in [0.2, 0.25) is 0 Å². The van der Waals surface area contributed by atoms with Crippen molar-refractivity contribution in [3.8, 4) is 0 Å². The third-order valence-electron chi connectivity index (χ3n) is 3.80. The molecular formula is C14H23N3O. The molecule has 1 saturated carbocycles. The predicted molar refractivity (Wildman–Crippen MR) is 72.8 cm³/mol. The quantitative estimate of drug-likeness (QED) is 0.891. The number of rotatable bonds is 4. The van der Waals surface area contributed by atoms with Gasteiger partial charge in [-0.2, -0.15) is 0 Å². The minimum atomic E-state index is -0.267. The lowest BCUT2D eigenvalue weighted by Crippen LogP contribution is -2.28. The summed E-state index contributed by atoms with van der Waals surface area (Å²) in [6.07, 6.45) is 4.43. The van der Waals surface area contributed by atoms with Gasteiger partial charge >= 0.3 is 0 Å². The zero-order chi connectivity index (χ0) is 13.2. The monoisotopic (exact) mass is 249 g/mol. The highest BCUT2D eigenvalue weighted by Gasteiger charge is 2.39. The summed E-state index contributed by atoms with van der Waals surface area (Å²) in [7, 11) is 3.67. The predicted octanol–water partition coefficient (Wildman–Crippen LogP) is 3.06. The molecule has 0 aromatic carbocycles. The molecular weight excluding hydrogens is 226 g/mol. The third kappa shape index (κ3) is 2.34. The van der Waals surface area contributed by atoms with Crippen molar-refractivity contribution in [1.82, 2.24) is 9.97 Å². The van der Waals surface area contributed by atoms with Crippen molar-refractivity contribution in [2.45, 2.75) is 51.0 Å². The highest BCUT2D eigenvalue weighted by atomic mass is 16.5. The number of ether oxygens (including phenoxy) is 1. The van der Waals surface area contributed by atoms with Gasteiger partial charge in [0.05, 0.1) is 0 Å². The van der Waals surface area contributed by atoms with Crippen LogP contribution in [0.25, 0.3) is 0 Å². The Bertz CT molecular complexity index is 412. The van der Waals surface area contributed by atoms with Crippen molar-refractivity contribution in [3.05, 3.63) is 17.6 Å². The Labute approximate surface area is 109 Å². The molecule has 1 aliphatic rings. The Morgan fingerprint density at radius 2 is 1.94 bits per heavy atom. The Morgan fingerprint density at radius 1 is 1.28 bits per heavy atom. The first kappa shape index (κ1) is 13.3. The molecule has 0 amide bonds. The van der Waals surface area contributed by atoms with Gasteiger partial charge in [0.15, 0.2) is 5.82 Å². The summed E-state index contributed by atoms with van der Waals surface area (Å²) in [5, 5.41) is 3.12. The smallest absolute Gasteiger partial charge is 0.162 e. The molecule has 1 heterocycles. The molecule has 2 rings (SSSR count). The molecule has 1 N–H and O–H groups in total. The van der Waals surface area contributed by atoms with E-state index >= 15 is 0 Å². The number of methoxy groups -OCH3 is 1. The Balaban J connectivity index is 2.45. The molecule has 0 aliphatic heterocycles. The van der Waals surface area contributed by atoms with Gasteiger partial charge < -0.3 is 10.1 Å². The highest BCUT2D eigenvalue weighted by Crippen LogP contribution is 2.40. The molecule has 1 aromatic rings. The van der Waals surface area contributed by atoms with Gasteiger partial charge in [0.25, 0.3) is 0 Å². The second kappa shape index (κ2) is 5.22. The van der Waals surface area contributed by atoms with E-state index in [0.717, 1.165) is 30.2 Å². The van der Waals surface area contributed by atoms with Crippen molar-refractivity contribution in [3.63, 3.8) is 0 Å². The van der Waals surface area contributed by atoms with E-state index in [2.05, 4.69) is 24.1 Å². The molecule has 0 bridgehead atoms. The van der Waals surface area contributed by atoms with Crippen molar-refractivity contribution in [1.29, 1.82) is 0 Å². The Morgan fingerprint density at radius 3 is 2.44 bits per heavy atom. The number of hydrogen-bond donors (Lipinski definition) is 1. The number of nitrogens with zero attached hydrogens (tertiary/aromatic N) is 2. The van der Waals surface area contributed by atoms with E-state index in [4.69, 9.17) is 9.72 Å². The van der Waals surface area contributed by atoms with Gasteiger partial charge in [0, 0.05) is 25.9 Å². The van der Waals surface area contributed by atoms with Crippen LogP contribution in [0, 0.1) is 0 Å². The minimum Gasteiger partial charge on any atom is -0.373 e. The van der Waals surface area contributed by atoms with Gasteiger partial charge in [-0.1, -0.05) is 13.8 Å². The van der Waals surface area contributed by atoms with Crippen LogP contribution in [0.3, 0.4) is 0 Å². The highest BCUT2D eigenvalue weighted by molar-refractivity contribution is 5.37. The van der Waals surface area contributed by atoms with Crippen molar-refractivity contribution in [2.24, 2.45) is 0 Å². The zero-order valence-electron chi connectivity index (χ0n) is 11.8. The second-order valence-electron chi connectivity index (χ2n) is 5.31. The summed E-state index contributed by atoms with van der Waals surface area (Å²) in [5.74, 6) is 2.12. The molecule has 1 aliphatic carbocycles. The van der Waals surface area contributed by atoms with Crippen LogP contribution in [0.4, 0.5) is 5.82 Å². The van der Waals surface area contributed by atoms with Crippen LogP contribution in [-0.2, 0) is 10.3 Å². The Kier molecular flexibility index (Phi) is 3.85. The van der Waals surface area contributed by atoms with E-state index in [1.54, 1.807) is 7.11 Å². The van der Waals surface area contributed by atoms with Gasteiger partial charge in [-0.05, 0) is 31.6 Å². The molecule has 0 spiro atoms. The van der Waals surface area contributed by atoms with Gasteiger partial charge in [-0.3, -0.25) is 0 Å². The molecule has 4 heteroatoms. The largest absolute Gasteiger partial charge is 0.373 e. The van der Waals surface area contributed by atoms with E-state index in [1.165, 1.54) is 12.8 Å². The molecule has 0 unspecified atom stereocenters. The number of anilines is 1. The van der Waals surface area contributed by atoms with E-state index < -0.39 is 0 Å². The lowest BCUT2D eigenvalue weighted by atomic mass is 10.00. The van der Waals surface area contributed by atoms with Crippen LogP contribution in [-0.4, -0.2) is 24.1 Å². The zero-order valence-corrected chi connectivity index (χ0v) is 11.8. The normalized spacial score (nSPS) is 18.3. The van der Waals surface area contributed by atoms with Gasteiger partial charge in [-0.15, -0.1) is 0 Å². The summed E-state index contributed by atoms with van der Waals surface area (Å²) in [4.78, 5) is 9.34. The third-order valence-corrected chi connectivity index (χ3v) is 3.80. The first-order chi connectivity index (χ1) is 8.61. The average molecular weight is 249 g/mol. The lowest BCUT2D eigenvalue weighted by molar-refractivity contribution is -0.0163. The summed E-state index contributed by atoms with van der Waals surface area (Å²) >= 11 is 0. The summed E-state index contributed by atoms with van der Waals surface area (Å²) < 4.78 is 5.77. The van der Waals surface area contributed by atoms with Crippen LogP contribution in [0.15, 0.2) is 6.07 Å². The minimum absolute atomic E-state index is 0.267. The molecule has 100 valence electrons. The van der Waals surface area contributed by atoms with Gasteiger partial charge in [-0.25, -0.2) is 9.97 Å². The number of nitrogens with one attached hydrogen (secondary N) is 1. The molecule has 0 saturated heterocycles. The maximum atomic E-state index is 5.77. The van der Waals surface area contributed by atoms with Crippen molar-refractivity contribution < 1.29 is 4.74 Å². The molecule has 1 aromatic heterocycles. The van der Waals surface area contributed by atoms with Crippen molar-refractivity contribution in [2.75, 3.05) is 19.5 Å². The maximum Gasteiger partial charge on any atom is 0.162 e. The van der Waals surface area contributed by atoms with Crippen LogP contribution < -0.4 is 5.32 Å². The van der Waals surface area contributed by atoms with Gasteiger partial charge in [0.1, 0.15) is 11.4 Å². The van der Waals surface area contributed by atoms with E-state index in [1.807, 2.05) is 13.1 Å². The summed E-state index contributed by atoms with van der Waals surface area (Å²) in [6.45, 7) is 4.30. The maximum absolute atomic E-state index is 5.77. The van der Waals surface area contributed by atoms with E-state index in [9.17, 15) is 0 Å².